The third-order valence-corrected chi connectivity index (χ3v) is 5.18. The molecule has 1 aliphatic heterocycles. The van der Waals surface area contributed by atoms with Crippen molar-refractivity contribution >= 4 is 28.8 Å². The summed E-state index contributed by atoms with van der Waals surface area (Å²) in [5.74, 6) is 1.00. The lowest BCUT2D eigenvalue weighted by molar-refractivity contribution is -0.124. The topological polar surface area (TPSA) is 59.1 Å². The molecule has 2 amide bonds. The van der Waals surface area contributed by atoms with Gasteiger partial charge in [-0.25, -0.2) is 0 Å². The van der Waals surface area contributed by atoms with Gasteiger partial charge in [-0.05, 0) is 30.5 Å². The fraction of sp³-hybridized carbons (Fsp3) is 0.333. The molecule has 2 aromatic rings. The number of nitrogens with zero attached hydrogens (tertiary/aromatic N) is 2. The monoisotopic (exact) mass is 360 g/mol. The maximum Gasteiger partial charge on any atom is 0.264 e. The third kappa shape index (κ3) is 3.19. The van der Waals surface area contributed by atoms with Crippen molar-refractivity contribution in [1.29, 1.82) is 0 Å². The summed E-state index contributed by atoms with van der Waals surface area (Å²) in [6.07, 6.45) is 0. The number of carbonyl (C=O) groups excluding carboxylic acids is 2. The molecule has 0 spiro atoms. The van der Waals surface area contributed by atoms with Crippen LogP contribution in [0.5, 0.6) is 11.5 Å². The van der Waals surface area contributed by atoms with Crippen LogP contribution in [0.25, 0.3) is 0 Å². The van der Waals surface area contributed by atoms with Gasteiger partial charge in [0.2, 0.25) is 5.91 Å². The zero-order chi connectivity index (χ0) is 18.0. The molecule has 1 aromatic carbocycles. The van der Waals surface area contributed by atoms with Gasteiger partial charge in [0.15, 0.2) is 0 Å². The highest BCUT2D eigenvalue weighted by molar-refractivity contribution is 7.12. The van der Waals surface area contributed by atoms with E-state index in [2.05, 4.69) is 0 Å². The Labute approximate surface area is 150 Å². The molecule has 7 heteroatoms. The molecular weight excluding hydrogens is 340 g/mol. The normalized spacial score (nSPS) is 17.6. The van der Waals surface area contributed by atoms with Gasteiger partial charge in [-0.15, -0.1) is 11.3 Å². The summed E-state index contributed by atoms with van der Waals surface area (Å²) in [6, 6.07) is 8.43. The van der Waals surface area contributed by atoms with E-state index in [9.17, 15) is 9.59 Å². The Bertz CT molecular complexity index is 775. The second kappa shape index (κ2) is 7.14. The van der Waals surface area contributed by atoms with Crippen molar-refractivity contribution < 1.29 is 19.1 Å². The first-order valence-corrected chi connectivity index (χ1v) is 8.82. The van der Waals surface area contributed by atoms with Gasteiger partial charge in [0.1, 0.15) is 17.5 Å². The molecule has 0 radical (unpaired) electrons. The molecule has 2 heterocycles. The highest BCUT2D eigenvalue weighted by Gasteiger charge is 2.36. The third-order valence-electron chi connectivity index (χ3n) is 4.33. The molecule has 6 nitrogen and oxygen atoms in total. The number of methoxy groups -OCH3 is 2. The summed E-state index contributed by atoms with van der Waals surface area (Å²) in [5, 5.41) is 1.86. The van der Waals surface area contributed by atoms with E-state index in [1.54, 1.807) is 55.2 Å². The van der Waals surface area contributed by atoms with Crippen molar-refractivity contribution in [2.75, 3.05) is 32.2 Å². The predicted molar refractivity (Wildman–Crippen MR) is 96.7 cm³/mol. The van der Waals surface area contributed by atoms with Gasteiger partial charge in [-0.1, -0.05) is 6.07 Å². The number of carbonyl (C=O) groups is 2. The quantitative estimate of drug-likeness (QED) is 0.841. The number of hydrogen-bond acceptors (Lipinski definition) is 5. The largest absolute Gasteiger partial charge is 0.497 e. The maximum atomic E-state index is 12.9. The molecule has 1 aromatic heterocycles. The molecule has 0 unspecified atom stereocenters. The Kier molecular flexibility index (Phi) is 4.94. The van der Waals surface area contributed by atoms with E-state index in [0.717, 1.165) is 0 Å². The highest BCUT2D eigenvalue weighted by atomic mass is 32.1. The number of anilines is 1. The molecule has 0 N–H and O–H groups in total. The molecule has 1 atom stereocenters. The van der Waals surface area contributed by atoms with Crippen molar-refractivity contribution in [3.63, 3.8) is 0 Å². The molecular formula is C18H20N2O4S. The summed E-state index contributed by atoms with van der Waals surface area (Å²) < 4.78 is 10.6. The van der Waals surface area contributed by atoms with Gasteiger partial charge in [-0.2, -0.15) is 0 Å². The fourth-order valence-electron chi connectivity index (χ4n) is 2.94. The van der Waals surface area contributed by atoms with Crippen molar-refractivity contribution in [3.05, 3.63) is 40.6 Å². The number of ether oxygens (including phenoxy) is 2. The lowest BCUT2D eigenvalue weighted by Gasteiger charge is -2.39. The summed E-state index contributed by atoms with van der Waals surface area (Å²) in [5.41, 5.74) is 0.684. The summed E-state index contributed by atoms with van der Waals surface area (Å²) >= 11 is 1.39. The van der Waals surface area contributed by atoms with Gasteiger partial charge in [0.05, 0.1) is 24.8 Å². The Hall–Kier alpha value is -2.54. The van der Waals surface area contributed by atoms with Crippen molar-refractivity contribution in [1.82, 2.24) is 4.90 Å². The Balaban J connectivity index is 1.84. The smallest absolute Gasteiger partial charge is 0.264 e. The van der Waals surface area contributed by atoms with Crippen LogP contribution in [0.15, 0.2) is 35.7 Å². The van der Waals surface area contributed by atoms with E-state index in [4.69, 9.17) is 9.47 Å². The van der Waals surface area contributed by atoms with Crippen LogP contribution in [0.4, 0.5) is 5.69 Å². The standard InChI is InChI=1S/C18H20N2O4S/c1-12-17(21)20(14-7-6-13(23-2)11-15(14)24-3)9-8-19(12)18(22)16-5-4-10-25-16/h4-7,10-12H,8-9H2,1-3H3/t12-/m1/s1. The van der Waals surface area contributed by atoms with Crippen LogP contribution < -0.4 is 14.4 Å². The van der Waals surface area contributed by atoms with E-state index in [0.29, 0.717) is 35.2 Å². The van der Waals surface area contributed by atoms with Crippen LogP contribution >= 0.6 is 11.3 Å². The number of piperazine rings is 1. The first kappa shape index (κ1) is 17.3. The van der Waals surface area contributed by atoms with Gasteiger partial charge in [0.25, 0.3) is 5.91 Å². The lowest BCUT2D eigenvalue weighted by Crippen LogP contribution is -2.57. The summed E-state index contributed by atoms with van der Waals surface area (Å²) in [7, 11) is 3.14. The zero-order valence-corrected chi connectivity index (χ0v) is 15.2. The van der Waals surface area contributed by atoms with Crippen LogP contribution in [0, 0.1) is 0 Å². The van der Waals surface area contributed by atoms with Crippen molar-refractivity contribution in [2.24, 2.45) is 0 Å². The average Bonchev–Trinajstić information content (AvgIpc) is 3.17. The number of thiophene rings is 1. The van der Waals surface area contributed by atoms with Gasteiger partial charge < -0.3 is 19.3 Å². The van der Waals surface area contributed by atoms with Crippen molar-refractivity contribution in [2.45, 2.75) is 13.0 Å². The highest BCUT2D eigenvalue weighted by Crippen LogP contribution is 2.34. The summed E-state index contributed by atoms with van der Waals surface area (Å²) in [6.45, 7) is 2.65. The second-order valence-electron chi connectivity index (χ2n) is 5.68. The SMILES string of the molecule is COc1ccc(N2CCN(C(=O)c3cccs3)[C@H](C)C2=O)c(OC)c1. The number of amides is 2. The van der Waals surface area contributed by atoms with Crippen LogP contribution in [0.3, 0.4) is 0 Å². The molecule has 1 fully saturated rings. The van der Waals surface area contributed by atoms with E-state index in [1.165, 1.54) is 11.3 Å². The van der Waals surface area contributed by atoms with E-state index >= 15 is 0 Å². The Morgan fingerprint density at radius 1 is 1.20 bits per heavy atom. The molecule has 0 saturated carbocycles. The van der Waals surface area contributed by atoms with Crippen LogP contribution in [-0.2, 0) is 4.79 Å². The minimum atomic E-state index is -0.532. The number of benzene rings is 1. The van der Waals surface area contributed by atoms with E-state index < -0.39 is 6.04 Å². The summed E-state index contributed by atoms with van der Waals surface area (Å²) in [4.78, 5) is 29.4. The van der Waals surface area contributed by atoms with Crippen LogP contribution in [-0.4, -0.2) is 50.1 Å². The average molecular weight is 360 g/mol. The molecule has 3 rings (SSSR count). The molecule has 1 saturated heterocycles. The minimum absolute atomic E-state index is 0.0998. The second-order valence-corrected chi connectivity index (χ2v) is 6.63. The van der Waals surface area contributed by atoms with Crippen molar-refractivity contribution in [3.8, 4) is 11.5 Å². The van der Waals surface area contributed by atoms with Gasteiger partial charge in [-0.3, -0.25) is 9.59 Å². The first-order valence-electron chi connectivity index (χ1n) is 7.94. The first-order chi connectivity index (χ1) is 12.1. The lowest BCUT2D eigenvalue weighted by atomic mass is 10.1. The van der Waals surface area contributed by atoms with Crippen LogP contribution in [0.1, 0.15) is 16.6 Å². The van der Waals surface area contributed by atoms with Crippen LogP contribution in [0.2, 0.25) is 0 Å². The van der Waals surface area contributed by atoms with E-state index in [1.807, 2.05) is 11.4 Å². The Morgan fingerprint density at radius 2 is 2.00 bits per heavy atom. The maximum absolute atomic E-state index is 12.9. The molecule has 0 aliphatic carbocycles. The van der Waals surface area contributed by atoms with Gasteiger partial charge in [0, 0.05) is 19.2 Å². The Morgan fingerprint density at radius 3 is 2.64 bits per heavy atom. The molecule has 0 bridgehead atoms. The number of hydrogen-bond donors (Lipinski definition) is 0. The van der Waals surface area contributed by atoms with E-state index in [-0.39, 0.29) is 11.8 Å². The molecule has 132 valence electrons. The zero-order valence-electron chi connectivity index (χ0n) is 14.4. The predicted octanol–water partition coefficient (Wildman–Crippen LogP) is 2.64. The minimum Gasteiger partial charge on any atom is -0.497 e. The fourth-order valence-corrected chi connectivity index (χ4v) is 3.62. The molecule has 25 heavy (non-hydrogen) atoms. The number of rotatable bonds is 4. The van der Waals surface area contributed by atoms with Gasteiger partial charge >= 0.3 is 0 Å². The molecule has 1 aliphatic rings.